The fourth-order valence-electron chi connectivity index (χ4n) is 3.30. The molecule has 0 amide bonds. The highest BCUT2D eigenvalue weighted by Gasteiger charge is 2.23. The molecule has 2 N–H and O–H groups in total. The number of nitrogens with zero attached hydrogens (tertiary/aromatic N) is 3. The van der Waals surface area contributed by atoms with E-state index in [1.54, 1.807) is 20.2 Å². The number of nitrogens with one attached hydrogen (secondary N) is 2. The molecule has 1 aromatic carbocycles. The first-order valence-corrected chi connectivity index (χ1v) is 12.4. The van der Waals surface area contributed by atoms with E-state index in [4.69, 9.17) is 0 Å². The van der Waals surface area contributed by atoms with Gasteiger partial charge in [-0.3, -0.25) is 0 Å². The molecule has 1 saturated heterocycles. The van der Waals surface area contributed by atoms with E-state index in [1.807, 2.05) is 13.0 Å². The molecule has 0 radical (unpaired) electrons. The lowest BCUT2D eigenvalue weighted by atomic mass is 10.2. The van der Waals surface area contributed by atoms with Crippen molar-refractivity contribution < 1.29 is 8.42 Å². The van der Waals surface area contributed by atoms with Gasteiger partial charge >= 0.3 is 0 Å². The SMILES string of the molecule is CCNC(=NCc1ccc(S(=O)(=O)N(C)C)s1)NC1CCN(c2ccc(C)cc2)C1.I. The summed E-state index contributed by atoms with van der Waals surface area (Å²) in [5.74, 6) is 0.763. The van der Waals surface area contributed by atoms with Crippen molar-refractivity contribution in [3.63, 3.8) is 0 Å². The Balaban J connectivity index is 0.00000341. The summed E-state index contributed by atoms with van der Waals surface area (Å²) < 4.78 is 26.1. The number of halogens is 1. The summed E-state index contributed by atoms with van der Waals surface area (Å²) in [5.41, 5.74) is 2.52. The van der Waals surface area contributed by atoms with Crippen molar-refractivity contribution in [2.45, 2.75) is 37.1 Å². The van der Waals surface area contributed by atoms with Crippen LogP contribution in [0, 0.1) is 6.92 Å². The van der Waals surface area contributed by atoms with Gasteiger partial charge in [-0.1, -0.05) is 17.7 Å². The summed E-state index contributed by atoms with van der Waals surface area (Å²) in [6, 6.07) is 12.4. The van der Waals surface area contributed by atoms with Crippen LogP contribution in [0.25, 0.3) is 0 Å². The molecule has 1 aromatic heterocycles. The van der Waals surface area contributed by atoms with Crippen molar-refractivity contribution in [3.8, 4) is 0 Å². The predicted octanol–water partition coefficient (Wildman–Crippen LogP) is 3.26. The lowest BCUT2D eigenvalue weighted by Gasteiger charge is -2.20. The zero-order valence-corrected chi connectivity index (χ0v) is 22.4. The van der Waals surface area contributed by atoms with E-state index in [1.165, 1.54) is 26.9 Å². The normalized spacial score (nSPS) is 17.0. The number of anilines is 1. The Morgan fingerprint density at radius 3 is 2.58 bits per heavy atom. The number of hydrogen-bond donors (Lipinski definition) is 2. The Hall–Kier alpha value is -1.37. The predicted molar refractivity (Wildman–Crippen MR) is 140 cm³/mol. The van der Waals surface area contributed by atoms with Crippen LogP contribution in [-0.2, 0) is 16.6 Å². The van der Waals surface area contributed by atoms with Gasteiger partial charge in [0.15, 0.2) is 5.96 Å². The van der Waals surface area contributed by atoms with Crippen LogP contribution >= 0.6 is 35.3 Å². The summed E-state index contributed by atoms with van der Waals surface area (Å²) in [6.45, 7) is 7.29. The molecule has 1 fully saturated rings. The first kappa shape index (κ1) is 25.9. The molecule has 0 saturated carbocycles. The maximum atomic E-state index is 12.3. The van der Waals surface area contributed by atoms with Gasteiger partial charge in [0.2, 0.25) is 0 Å². The van der Waals surface area contributed by atoms with Gasteiger partial charge in [0.1, 0.15) is 4.21 Å². The summed E-state index contributed by atoms with van der Waals surface area (Å²) in [7, 11) is -0.306. The first-order valence-electron chi connectivity index (χ1n) is 10.2. The second-order valence-corrected chi connectivity index (χ2v) is 11.2. The lowest BCUT2D eigenvalue weighted by molar-refractivity contribution is 0.523. The number of rotatable bonds is 7. The highest BCUT2D eigenvalue weighted by atomic mass is 127. The lowest BCUT2D eigenvalue weighted by Crippen LogP contribution is -2.44. The van der Waals surface area contributed by atoms with Gasteiger partial charge in [0.25, 0.3) is 10.0 Å². The molecule has 2 aromatic rings. The van der Waals surface area contributed by atoms with Crippen molar-refractivity contribution in [1.29, 1.82) is 0 Å². The average molecular weight is 578 g/mol. The van der Waals surface area contributed by atoms with Gasteiger partial charge in [-0.05, 0) is 44.5 Å². The molecule has 1 aliphatic heterocycles. The minimum Gasteiger partial charge on any atom is -0.369 e. The molecule has 31 heavy (non-hydrogen) atoms. The van der Waals surface area contributed by atoms with Crippen LogP contribution in [0.3, 0.4) is 0 Å². The summed E-state index contributed by atoms with van der Waals surface area (Å²) in [5, 5.41) is 6.82. The van der Waals surface area contributed by atoms with E-state index >= 15 is 0 Å². The number of aryl methyl sites for hydroxylation is 1. The molecular formula is C21H32IN5O2S2. The number of thiophene rings is 1. The number of benzene rings is 1. The van der Waals surface area contributed by atoms with Crippen molar-refractivity contribution in [3.05, 3.63) is 46.8 Å². The fourth-order valence-corrected chi connectivity index (χ4v) is 5.75. The molecule has 0 spiro atoms. The zero-order chi connectivity index (χ0) is 21.7. The van der Waals surface area contributed by atoms with Gasteiger partial charge in [-0.2, -0.15) is 0 Å². The quantitative estimate of drug-likeness (QED) is 0.300. The molecule has 172 valence electrons. The molecule has 2 heterocycles. The van der Waals surface area contributed by atoms with E-state index in [2.05, 4.69) is 51.7 Å². The van der Waals surface area contributed by atoms with E-state index in [0.29, 0.717) is 16.8 Å². The Bertz CT molecular complexity index is 974. The minimum atomic E-state index is -3.39. The number of sulfonamides is 1. The van der Waals surface area contributed by atoms with Crippen molar-refractivity contribution in [2.24, 2.45) is 4.99 Å². The number of guanidine groups is 1. The molecule has 3 rings (SSSR count). The second kappa shape index (κ2) is 11.5. The van der Waals surface area contributed by atoms with E-state index < -0.39 is 10.0 Å². The van der Waals surface area contributed by atoms with Gasteiger partial charge < -0.3 is 15.5 Å². The maximum absolute atomic E-state index is 12.3. The molecule has 1 unspecified atom stereocenters. The van der Waals surface area contributed by atoms with Gasteiger partial charge in [-0.25, -0.2) is 17.7 Å². The third-order valence-electron chi connectivity index (χ3n) is 5.04. The van der Waals surface area contributed by atoms with Crippen molar-refractivity contribution >= 4 is 57.0 Å². The molecule has 1 atom stereocenters. The third kappa shape index (κ3) is 6.80. The highest BCUT2D eigenvalue weighted by molar-refractivity contribution is 14.0. The molecule has 0 bridgehead atoms. The largest absolute Gasteiger partial charge is 0.369 e. The number of hydrogen-bond acceptors (Lipinski definition) is 5. The first-order chi connectivity index (χ1) is 14.3. The van der Waals surface area contributed by atoms with Crippen LogP contribution in [0.4, 0.5) is 5.69 Å². The Morgan fingerprint density at radius 2 is 1.94 bits per heavy atom. The maximum Gasteiger partial charge on any atom is 0.252 e. The van der Waals surface area contributed by atoms with E-state index in [9.17, 15) is 8.42 Å². The van der Waals surface area contributed by atoms with E-state index in [-0.39, 0.29) is 24.0 Å². The molecule has 7 nitrogen and oxygen atoms in total. The van der Waals surface area contributed by atoms with Crippen LogP contribution in [0.15, 0.2) is 45.6 Å². The van der Waals surface area contributed by atoms with Gasteiger partial charge in [0.05, 0.1) is 6.54 Å². The molecule has 1 aliphatic rings. The smallest absolute Gasteiger partial charge is 0.252 e. The standard InChI is InChI=1S/C21H31N5O2S2.HI/c1-5-22-21(23-14-19-10-11-20(29-19)30(27,28)25(3)4)24-17-12-13-26(15-17)18-8-6-16(2)7-9-18;/h6-11,17H,5,12-15H2,1-4H3,(H2,22,23,24);1H. The van der Waals surface area contributed by atoms with Crippen LogP contribution in [-0.4, -0.2) is 58.5 Å². The number of aliphatic imine (C=N–C) groups is 1. The average Bonchev–Trinajstić information content (AvgIpc) is 3.37. The fraction of sp³-hybridized carbons (Fsp3) is 0.476. The Kier molecular flexibility index (Phi) is 9.59. The minimum absolute atomic E-state index is 0. The second-order valence-electron chi connectivity index (χ2n) is 7.61. The van der Waals surface area contributed by atoms with Crippen molar-refractivity contribution in [2.75, 3.05) is 38.6 Å². The van der Waals surface area contributed by atoms with Gasteiger partial charge in [-0.15, -0.1) is 35.3 Å². The zero-order valence-electron chi connectivity index (χ0n) is 18.5. The van der Waals surface area contributed by atoms with Crippen molar-refractivity contribution in [1.82, 2.24) is 14.9 Å². The van der Waals surface area contributed by atoms with Crippen LogP contribution in [0.5, 0.6) is 0 Å². The molecule has 0 aliphatic carbocycles. The summed E-state index contributed by atoms with van der Waals surface area (Å²) >= 11 is 1.27. The molecular weight excluding hydrogens is 545 g/mol. The molecule has 10 heteroatoms. The Labute approximate surface area is 207 Å². The summed E-state index contributed by atoms with van der Waals surface area (Å²) in [6.07, 6.45) is 1.04. The highest BCUT2D eigenvalue weighted by Crippen LogP contribution is 2.24. The van der Waals surface area contributed by atoms with Crippen LogP contribution < -0.4 is 15.5 Å². The van der Waals surface area contributed by atoms with Gasteiger partial charge in [0, 0.05) is 50.3 Å². The van der Waals surface area contributed by atoms with Crippen LogP contribution in [0.1, 0.15) is 23.8 Å². The van der Waals surface area contributed by atoms with E-state index in [0.717, 1.165) is 36.9 Å². The topological polar surface area (TPSA) is 77.0 Å². The summed E-state index contributed by atoms with van der Waals surface area (Å²) in [4.78, 5) is 7.98. The monoisotopic (exact) mass is 577 g/mol. The van der Waals surface area contributed by atoms with Crippen LogP contribution in [0.2, 0.25) is 0 Å². The third-order valence-corrected chi connectivity index (χ3v) is 8.39. The Morgan fingerprint density at radius 1 is 1.23 bits per heavy atom.